The van der Waals surface area contributed by atoms with Crippen LogP contribution < -0.4 is 14.8 Å². The summed E-state index contributed by atoms with van der Waals surface area (Å²) in [6, 6.07) is 5.71. The van der Waals surface area contributed by atoms with Gasteiger partial charge in [0.25, 0.3) is 5.91 Å². The van der Waals surface area contributed by atoms with E-state index in [4.69, 9.17) is 9.47 Å². The minimum atomic E-state index is -4.57. The van der Waals surface area contributed by atoms with Gasteiger partial charge in [0.1, 0.15) is 6.04 Å². The normalized spacial score (nSPS) is 25.3. The number of nitrogens with one attached hydrogen (secondary N) is 1. The summed E-state index contributed by atoms with van der Waals surface area (Å²) in [6.07, 6.45) is -2.63. The van der Waals surface area contributed by atoms with E-state index in [2.05, 4.69) is 5.32 Å². The Morgan fingerprint density at radius 3 is 2.64 bits per heavy atom. The molecule has 180 valence electrons. The lowest BCUT2D eigenvalue weighted by Crippen LogP contribution is -2.65. The first-order chi connectivity index (χ1) is 15.6. The van der Waals surface area contributed by atoms with Crippen LogP contribution in [0.4, 0.5) is 13.2 Å². The van der Waals surface area contributed by atoms with Crippen molar-refractivity contribution in [3.8, 4) is 11.5 Å². The number of hydrogen-bond donors (Lipinski definition) is 1. The number of rotatable bonds is 4. The van der Waals surface area contributed by atoms with Crippen molar-refractivity contribution in [3.05, 3.63) is 47.8 Å². The molecule has 1 aromatic carbocycles. The average Bonchev–Trinajstić information content (AvgIpc) is 3.23. The predicted octanol–water partition coefficient (Wildman–Crippen LogP) is 4.34. The largest absolute Gasteiger partial charge is 0.493 e. The number of methoxy groups -OCH3 is 1. The molecule has 1 fully saturated rings. The maximum Gasteiger partial charge on any atom is 0.408 e. The Kier molecular flexibility index (Phi) is 6.11. The van der Waals surface area contributed by atoms with Crippen molar-refractivity contribution in [2.75, 3.05) is 13.7 Å². The predicted molar refractivity (Wildman–Crippen MR) is 118 cm³/mol. The number of halogens is 3. The summed E-state index contributed by atoms with van der Waals surface area (Å²) < 4.78 is 56.1. The molecule has 0 saturated carbocycles. The van der Waals surface area contributed by atoms with Crippen molar-refractivity contribution in [3.63, 3.8) is 0 Å². The lowest BCUT2D eigenvalue weighted by Gasteiger charge is -2.52. The van der Waals surface area contributed by atoms with Gasteiger partial charge in [-0.05, 0) is 57.5 Å². The van der Waals surface area contributed by atoms with Gasteiger partial charge < -0.3 is 24.3 Å². The van der Waals surface area contributed by atoms with E-state index in [9.17, 15) is 18.0 Å². The highest BCUT2D eigenvalue weighted by atomic mass is 19.4. The topological polar surface area (TPSA) is 55.7 Å². The van der Waals surface area contributed by atoms with Crippen LogP contribution in [0.25, 0.3) is 0 Å². The quantitative estimate of drug-likeness (QED) is 0.730. The molecule has 4 rings (SSSR count). The number of hydrogen-bond acceptors (Lipinski definition) is 4. The van der Waals surface area contributed by atoms with E-state index in [1.807, 2.05) is 36.7 Å². The molecule has 2 aliphatic heterocycles. The molecule has 1 aromatic heterocycles. The number of fused-ring (bicyclic) bond motifs is 2. The smallest absolute Gasteiger partial charge is 0.408 e. The zero-order valence-corrected chi connectivity index (χ0v) is 19.3. The summed E-state index contributed by atoms with van der Waals surface area (Å²) in [7, 11) is 1.44. The van der Waals surface area contributed by atoms with Gasteiger partial charge in [-0.25, -0.2) is 0 Å². The number of aromatic nitrogens is 1. The molecule has 3 atom stereocenters. The van der Waals surface area contributed by atoms with Gasteiger partial charge in [-0.15, -0.1) is 0 Å². The number of likely N-dealkylation sites (tertiary alicyclic amines) is 1. The molecule has 1 spiro atoms. The number of carbonyl (C=O) groups is 1. The van der Waals surface area contributed by atoms with E-state index in [0.717, 1.165) is 10.6 Å². The molecule has 0 radical (unpaired) electrons. The van der Waals surface area contributed by atoms with E-state index < -0.39 is 29.7 Å². The summed E-state index contributed by atoms with van der Waals surface area (Å²) in [6.45, 7) is 6.69. The van der Waals surface area contributed by atoms with Gasteiger partial charge in [-0.1, -0.05) is 0 Å². The molecule has 2 aliphatic rings. The van der Waals surface area contributed by atoms with E-state index >= 15 is 0 Å². The van der Waals surface area contributed by atoms with Gasteiger partial charge in [0.15, 0.2) is 11.5 Å². The van der Waals surface area contributed by atoms with E-state index in [1.54, 1.807) is 13.0 Å². The molecule has 0 bridgehead atoms. The number of piperidine rings is 1. The molecule has 0 aliphatic carbocycles. The first-order valence-corrected chi connectivity index (χ1v) is 11.2. The van der Waals surface area contributed by atoms with Crippen LogP contribution in [0.1, 0.15) is 49.7 Å². The second-order valence-electron chi connectivity index (χ2n) is 9.16. The minimum Gasteiger partial charge on any atom is -0.493 e. The Morgan fingerprint density at radius 1 is 1.21 bits per heavy atom. The third-order valence-electron chi connectivity index (χ3n) is 6.52. The Morgan fingerprint density at radius 2 is 1.97 bits per heavy atom. The number of nitrogens with zero attached hydrogens (tertiary/aromatic N) is 2. The fourth-order valence-electron chi connectivity index (χ4n) is 5.24. The zero-order chi connectivity index (χ0) is 24.0. The fourth-order valence-corrected chi connectivity index (χ4v) is 5.24. The number of alkyl halides is 3. The zero-order valence-electron chi connectivity index (χ0n) is 19.3. The van der Waals surface area contributed by atoms with Gasteiger partial charge >= 0.3 is 6.18 Å². The lowest BCUT2D eigenvalue weighted by molar-refractivity contribution is -0.198. The van der Waals surface area contributed by atoms with Crippen LogP contribution in [0.15, 0.2) is 36.5 Å². The minimum absolute atomic E-state index is 0.115. The van der Waals surface area contributed by atoms with Crippen molar-refractivity contribution < 1.29 is 27.4 Å². The lowest BCUT2D eigenvalue weighted by atomic mass is 9.76. The number of benzene rings is 1. The first kappa shape index (κ1) is 23.5. The SMILES string of the molecule is COc1cc(C(=O)N2C(C)CC3(CC2C(F)(F)F)NCCn2cccc23)ccc1OC(C)C. The molecule has 1 amide bonds. The van der Waals surface area contributed by atoms with Crippen LogP contribution in [0.2, 0.25) is 0 Å². The molecule has 3 heterocycles. The maximum atomic E-state index is 14.4. The number of carbonyl (C=O) groups excluding carboxylic acids is 1. The molecular formula is C24H30F3N3O3. The molecular weight excluding hydrogens is 435 g/mol. The highest BCUT2D eigenvalue weighted by Crippen LogP contribution is 2.45. The van der Waals surface area contributed by atoms with Crippen molar-refractivity contribution in [1.82, 2.24) is 14.8 Å². The van der Waals surface area contributed by atoms with Crippen LogP contribution in [-0.2, 0) is 12.1 Å². The fraction of sp³-hybridized carbons (Fsp3) is 0.542. The van der Waals surface area contributed by atoms with Crippen LogP contribution in [0, 0.1) is 0 Å². The van der Waals surface area contributed by atoms with Gasteiger partial charge in [-0.3, -0.25) is 4.79 Å². The van der Waals surface area contributed by atoms with E-state index in [1.165, 1.54) is 19.2 Å². The molecule has 33 heavy (non-hydrogen) atoms. The standard InChI is InChI=1S/C24H30F3N3O3/c1-15(2)33-18-8-7-17(12-19(18)32-4)22(31)30-16(3)13-23(14-21(30)24(25,26)27)20-6-5-10-29(20)11-9-28-23/h5-8,10,12,15-16,21,28H,9,11,13-14H2,1-4H3. The Labute approximate surface area is 191 Å². The highest BCUT2D eigenvalue weighted by molar-refractivity contribution is 5.95. The maximum absolute atomic E-state index is 14.4. The summed E-state index contributed by atoms with van der Waals surface area (Å²) in [5, 5.41) is 3.36. The van der Waals surface area contributed by atoms with Gasteiger partial charge in [-0.2, -0.15) is 13.2 Å². The summed E-state index contributed by atoms with van der Waals surface area (Å²) in [4.78, 5) is 14.4. The third-order valence-corrected chi connectivity index (χ3v) is 6.52. The molecule has 1 N–H and O–H groups in total. The third kappa shape index (κ3) is 4.30. The number of ether oxygens (including phenoxy) is 2. The van der Waals surface area contributed by atoms with Crippen molar-refractivity contribution in [2.24, 2.45) is 0 Å². The van der Waals surface area contributed by atoms with Crippen LogP contribution in [0.5, 0.6) is 11.5 Å². The van der Waals surface area contributed by atoms with Gasteiger partial charge in [0, 0.05) is 43.0 Å². The summed E-state index contributed by atoms with van der Waals surface area (Å²) in [5.74, 6) is 0.0838. The van der Waals surface area contributed by atoms with Crippen LogP contribution >= 0.6 is 0 Å². The van der Waals surface area contributed by atoms with Crippen molar-refractivity contribution >= 4 is 5.91 Å². The first-order valence-electron chi connectivity index (χ1n) is 11.2. The molecule has 6 nitrogen and oxygen atoms in total. The molecule has 9 heteroatoms. The second-order valence-corrected chi connectivity index (χ2v) is 9.16. The molecule has 1 saturated heterocycles. The van der Waals surface area contributed by atoms with E-state index in [0.29, 0.717) is 31.0 Å². The Balaban J connectivity index is 1.69. The Hall–Kier alpha value is -2.68. The molecule has 2 aromatic rings. The van der Waals surface area contributed by atoms with Gasteiger partial charge in [0.2, 0.25) is 0 Å². The second kappa shape index (κ2) is 8.59. The summed E-state index contributed by atoms with van der Waals surface area (Å²) >= 11 is 0. The average molecular weight is 466 g/mol. The van der Waals surface area contributed by atoms with Crippen LogP contribution in [-0.4, -0.2) is 53.4 Å². The van der Waals surface area contributed by atoms with Crippen molar-refractivity contribution in [2.45, 2.75) is 70.1 Å². The Bertz CT molecular complexity index is 1020. The highest BCUT2D eigenvalue weighted by Gasteiger charge is 2.56. The number of amides is 1. The molecule has 3 unspecified atom stereocenters. The van der Waals surface area contributed by atoms with Gasteiger partial charge in [0.05, 0.1) is 18.8 Å². The van der Waals surface area contributed by atoms with Crippen LogP contribution in [0.3, 0.4) is 0 Å². The monoisotopic (exact) mass is 465 g/mol. The van der Waals surface area contributed by atoms with E-state index in [-0.39, 0.29) is 18.1 Å². The summed E-state index contributed by atoms with van der Waals surface area (Å²) in [5.41, 5.74) is 0.156. The van der Waals surface area contributed by atoms with Crippen molar-refractivity contribution in [1.29, 1.82) is 0 Å².